The summed E-state index contributed by atoms with van der Waals surface area (Å²) in [7, 11) is 0. The Labute approximate surface area is 117 Å². The van der Waals surface area contributed by atoms with Crippen LogP contribution in [0.25, 0.3) is 0 Å². The van der Waals surface area contributed by atoms with Crippen molar-refractivity contribution in [3.05, 3.63) is 53.3 Å². The van der Waals surface area contributed by atoms with Crippen LogP contribution >= 0.6 is 0 Å². The van der Waals surface area contributed by atoms with E-state index in [4.69, 9.17) is 10.8 Å². The third-order valence-corrected chi connectivity index (χ3v) is 3.11. The molecule has 1 heterocycles. The lowest BCUT2D eigenvalue weighted by Crippen LogP contribution is -2.07. The number of carbonyl (C=O) groups is 1. The van der Waals surface area contributed by atoms with Gasteiger partial charge in [-0.25, -0.2) is 4.79 Å². The van der Waals surface area contributed by atoms with Crippen LogP contribution in [0.3, 0.4) is 0 Å². The number of nitrogens with zero attached hydrogens (tertiary/aromatic N) is 1. The fraction of sp³-hybridized carbons (Fsp3) is 0.200. The molecule has 0 amide bonds. The number of nitrogen functional groups attached to an aromatic ring is 1. The van der Waals surface area contributed by atoms with E-state index >= 15 is 0 Å². The van der Waals surface area contributed by atoms with Crippen molar-refractivity contribution in [1.82, 2.24) is 4.98 Å². The van der Waals surface area contributed by atoms with Gasteiger partial charge in [-0.3, -0.25) is 4.98 Å². The number of benzene rings is 1. The minimum atomic E-state index is -1.03. The summed E-state index contributed by atoms with van der Waals surface area (Å²) in [4.78, 5) is 15.4. The van der Waals surface area contributed by atoms with Crippen molar-refractivity contribution in [1.29, 1.82) is 0 Å². The molecule has 0 radical (unpaired) electrons. The highest BCUT2D eigenvalue weighted by Gasteiger charge is 2.09. The maximum Gasteiger partial charge on any atom is 0.337 e. The second-order valence-corrected chi connectivity index (χ2v) is 4.42. The summed E-state index contributed by atoms with van der Waals surface area (Å²) in [5.74, 6) is -1.03. The zero-order valence-electron chi connectivity index (χ0n) is 11.3. The fourth-order valence-corrected chi connectivity index (χ4v) is 1.99. The van der Waals surface area contributed by atoms with E-state index in [1.54, 1.807) is 18.3 Å². The maximum absolute atomic E-state index is 11.0. The number of pyridine rings is 1. The SMILES string of the molecule is CCc1cccnc1CNc1ccc(N)c(C(=O)O)c1. The molecule has 0 unspecified atom stereocenters. The van der Waals surface area contributed by atoms with Gasteiger partial charge in [-0.1, -0.05) is 13.0 Å². The molecule has 4 N–H and O–H groups in total. The van der Waals surface area contributed by atoms with Gasteiger partial charge in [-0.05, 0) is 36.2 Å². The van der Waals surface area contributed by atoms with Crippen LogP contribution in [-0.4, -0.2) is 16.1 Å². The molecule has 5 nitrogen and oxygen atoms in total. The molecule has 0 atom stereocenters. The third-order valence-electron chi connectivity index (χ3n) is 3.11. The average molecular weight is 271 g/mol. The molecule has 0 aliphatic heterocycles. The molecule has 20 heavy (non-hydrogen) atoms. The molecular weight excluding hydrogens is 254 g/mol. The van der Waals surface area contributed by atoms with Crippen molar-refractivity contribution in [3.8, 4) is 0 Å². The first kappa shape index (κ1) is 13.9. The summed E-state index contributed by atoms with van der Waals surface area (Å²) in [6, 6.07) is 8.83. The van der Waals surface area contributed by atoms with Crippen molar-refractivity contribution in [2.24, 2.45) is 0 Å². The standard InChI is InChI=1S/C15H17N3O2/c1-2-10-4-3-7-17-14(10)9-18-11-5-6-13(16)12(8-11)15(19)20/h3-8,18H,2,9,16H2,1H3,(H,19,20). The van der Waals surface area contributed by atoms with Gasteiger partial charge in [0.25, 0.3) is 0 Å². The highest BCUT2D eigenvalue weighted by Crippen LogP contribution is 2.19. The van der Waals surface area contributed by atoms with Crippen LogP contribution in [0, 0.1) is 0 Å². The summed E-state index contributed by atoms with van der Waals surface area (Å²) >= 11 is 0. The largest absolute Gasteiger partial charge is 0.478 e. The summed E-state index contributed by atoms with van der Waals surface area (Å²) in [5.41, 5.74) is 8.83. The predicted octanol–water partition coefficient (Wildman–Crippen LogP) is 2.54. The third kappa shape index (κ3) is 3.06. The van der Waals surface area contributed by atoms with E-state index in [0.717, 1.165) is 12.1 Å². The molecule has 0 bridgehead atoms. The van der Waals surface area contributed by atoms with Gasteiger partial charge in [0.2, 0.25) is 0 Å². The number of aromatic carboxylic acids is 1. The second-order valence-electron chi connectivity index (χ2n) is 4.42. The van der Waals surface area contributed by atoms with Crippen LogP contribution in [0.2, 0.25) is 0 Å². The maximum atomic E-state index is 11.0. The number of carboxylic acid groups (broad SMARTS) is 1. The van der Waals surface area contributed by atoms with Gasteiger partial charge >= 0.3 is 5.97 Å². The predicted molar refractivity (Wildman–Crippen MR) is 78.8 cm³/mol. The Morgan fingerprint density at radius 1 is 1.40 bits per heavy atom. The molecule has 5 heteroatoms. The summed E-state index contributed by atoms with van der Waals surface area (Å²) in [6.45, 7) is 2.62. The lowest BCUT2D eigenvalue weighted by molar-refractivity contribution is 0.0698. The Kier molecular flexibility index (Phi) is 4.20. The normalized spacial score (nSPS) is 10.2. The van der Waals surface area contributed by atoms with E-state index < -0.39 is 5.97 Å². The number of rotatable bonds is 5. The molecule has 1 aromatic heterocycles. The van der Waals surface area contributed by atoms with Crippen LogP contribution in [0.4, 0.5) is 11.4 Å². The van der Waals surface area contributed by atoms with Crippen LogP contribution in [0.5, 0.6) is 0 Å². The zero-order valence-corrected chi connectivity index (χ0v) is 11.3. The molecule has 2 rings (SSSR count). The fourth-order valence-electron chi connectivity index (χ4n) is 1.99. The van der Waals surface area contributed by atoms with Crippen molar-refractivity contribution >= 4 is 17.3 Å². The van der Waals surface area contributed by atoms with E-state index in [-0.39, 0.29) is 11.3 Å². The summed E-state index contributed by atoms with van der Waals surface area (Å²) in [5, 5.41) is 12.2. The van der Waals surface area contributed by atoms with Gasteiger partial charge in [-0.2, -0.15) is 0 Å². The number of nitrogens with one attached hydrogen (secondary N) is 1. The summed E-state index contributed by atoms with van der Waals surface area (Å²) in [6.07, 6.45) is 2.66. The van der Waals surface area contributed by atoms with Crippen LogP contribution in [0.15, 0.2) is 36.5 Å². The van der Waals surface area contributed by atoms with Gasteiger partial charge in [-0.15, -0.1) is 0 Å². The van der Waals surface area contributed by atoms with Crippen LogP contribution in [0.1, 0.15) is 28.5 Å². The highest BCUT2D eigenvalue weighted by molar-refractivity contribution is 5.94. The quantitative estimate of drug-likeness (QED) is 0.727. The molecule has 104 valence electrons. The monoisotopic (exact) mass is 271 g/mol. The number of aryl methyl sites for hydroxylation is 1. The number of hydrogen-bond donors (Lipinski definition) is 3. The number of carboxylic acids is 1. The van der Waals surface area contributed by atoms with Crippen LogP contribution in [-0.2, 0) is 13.0 Å². The lowest BCUT2D eigenvalue weighted by Gasteiger charge is -2.10. The van der Waals surface area contributed by atoms with E-state index in [1.807, 2.05) is 12.1 Å². The van der Waals surface area contributed by atoms with Crippen LogP contribution < -0.4 is 11.1 Å². The van der Waals surface area contributed by atoms with Crippen molar-refractivity contribution in [3.63, 3.8) is 0 Å². The molecule has 1 aromatic carbocycles. The second kappa shape index (κ2) is 6.06. The van der Waals surface area contributed by atoms with Gasteiger partial charge < -0.3 is 16.2 Å². The molecule has 0 saturated heterocycles. The molecule has 0 aliphatic carbocycles. The number of anilines is 2. The number of nitrogens with two attached hydrogens (primary N) is 1. The Morgan fingerprint density at radius 3 is 2.90 bits per heavy atom. The molecular formula is C15H17N3O2. The first-order chi connectivity index (χ1) is 9.61. The van der Waals surface area contributed by atoms with Gasteiger partial charge in [0.05, 0.1) is 17.8 Å². The van der Waals surface area contributed by atoms with Crippen molar-refractivity contribution in [2.45, 2.75) is 19.9 Å². The van der Waals surface area contributed by atoms with E-state index in [0.29, 0.717) is 12.2 Å². The zero-order chi connectivity index (χ0) is 14.5. The van der Waals surface area contributed by atoms with Gasteiger partial charge in [0.15, 0.2) is 0 Å². The Morgan fingerprint density at radius 2 is 2.20 bits per heavy atom. The van der Waals surface area contributed by atoms with Gasteiger partial charge in [0, 0.05) is 17.6 Å². The van der Waals surface area contributed by atoms with Gasteiger partial charge in [0.1, 0.15) is 0 Å². The average Bonchev–Trinajstić information content (AvgIpc) is 2.46. The minimum absolute atomic E-state index is 0.103. The molecule has 0 fully saturated rings. The topological polar surface area (TPSA) is 88.2 Å². The Hall–Kier alpha value is -2.56. The smallest absolute Gasteiger partial charge is 0.337 e. The number of aromatic nitrogens is 1. The van der Waals surface area contributed by atoms with E-state index in [1.165, 1.54) is 11.6 Å². The molecule has 0 saturated carbocycles. The first-order valence-electron chi connectivity index (χ1n) is 6.41. The Bertz CT molecular complexity index is 626. The van der Waals surface area contributed by atoms with E-state index in [2.05, 4.69) is 17.2 Å². The van der Waals surface area contributed by atoms with Crippen molar-refractivity contribution in [2.75, 3.05) is 11.1 Å². The first-order valence-corrected chi connectivity index (χ1v) is 6.41. The molecule has 0 aliphatic rings. The highest BCUT2D eigenvalue weighted by atomic mass is 16.4. The molecule has 0 spiro atoms. The van der Waals surface area contributed by atoms with E-state index in [9.17, 15) is 4.79 Å². The minimum Gasteiger partial charge on any atom is -0.478 e. The molecule has 2 aromatic rings. The Balaban J connectivity index is 2.15. The summed E-state index contributed by atoms with van der Waals surface area (Å²) < 4.78 is 0. The van der Waals surface area contributed by atoms with Crippen molar-refractivity contribution < 1.29 is 9.90 Å². The lowest BCUT2D eigenvalue weighted by atomic mass is 10.1. The number of hydrogen-bond acceptors (Lipinski definition) is 4.